The fourth-order valence-electron chi connectivity index (χ4n) is 1.19. The van der Waals surface area contributed by atoms with Crippen molar-refractivity contribution in [3.8, 4) is 0 Å². The molecule has 2 unspecified atom stereocenters. The SMILES string of the molecule is CC(Cn1cc(Cl)cc1C(=O)O)S(C)=O. The molecule has 1 aromatic rings. The maximum absolute atomic E-state index is 11.2. The number of carboxylic acids is 1. The monoisotopic (exact) mass is 249 g/mol. The standard InChI is InChI=1S/C9H12ClNO3S/c1-6(15(2)14)4-11-5-7(10)3-8(11)9(12)13/h3,5-6H,4H2,1-2H3,(H,12,13). The van der Waals surface area contributed by atoms with Crippen LogP contribution in [0.15, 0.2) is 12.3 Å². The topological polar surface area (TPSA) is 59.3 Å². The summed E-state index contributed by atoms with van der Waals surface area (Å²) in [4.78, 5) is 10.8. The van der Waals surface area contributed by atoms with Crippen LogP contribution in [0.3, 0.4) is 0 Å². The molecule has 1 aromatic heterocycles. The minimum absolute atomic E-state index is 0.105. The van der Waals surface area contributed by atoms with E-state index in [-0.39, 0.29) is 10.9 Å². The van der Waals surface area contributed by atoms with Crippen LogP contribution in [0.2, 0.25) is 5.02 Å². The zero-order valence-corrected chi connectivity index (χ0v) is 10.0. The first-order valence-electron chi connectivity index (χ1n) is 4.33. The fraction of sp³-hybridized carbons (Fsp3) is 0.444. The molecule has 0 bridgehead atoms. The van der Waals surface area contributed by atoms with Crippen LogP contribution < -0.4 is 0 Å². The molecule has 15 heavy (non-hydrogen) atoms. The van der Waals surface area contributed by atoms with Gasteiger partial charge in [-0.15, -0.1) is 0 Å². The second-order valence-electron chi connectivity index (χ2n) is 3.31. The number of halogens is 1. The first-order valence-corrected chi connectivity index (χ1v) is 6.33. The van der Waals surface area contributed by atoms with Crippen LogP contribution in [0.25, 0.3) is 0 Å². The van der Waals surface area contributed by atoms with Gasteiger partial charge in [0, 0.05) is 35.0 Å². The van der Waals surface area contributed by atoms with Gasteiger partial charge in [-0.25, -0.2) is 4.79 Å². The normalized spacial score (nSPS) is 14.9. The third-order valence-corrected chi connectivity index (χ3v) is 3.59. The molecule has 1 N–H and O–H groups in total. The highest BCUT2D eigenvalue weighted by Crippen LogP contribution is 2.15. The predicted octanol–water partition coefficient (Wildman–Crippen LogP) is 1.61. The van der Waals surface area contributed by atoms with Crippen LogP contribution in [0, 0.1) is 0 Å². The van der Waals surface area contributed by atoms with Crippen molar-refractivity contribution >= 4 is 28.4 Å². The molecule has 6 heteroatoms. The van der Waals surface area contributed by atoms with Crippen molar-refractivity contribution < 1.29 is 14.1 Å². The summed E-state index contributed by atoms with van der Waals surface area (Å²) in [5, 5.41) is 9.15. The van der Waals surface area contributed by atoms with Crippen LogP contribution in [0.5, 0.6) is 0 Å². The molecule has 0 saturated carbocycles. The van der Waals surface area contributed by atoms with Gasteiger partial charge in [-0.3, -0.25) is 4.21 Å². The molecule has 0 fully saturated rings. The lowest BCUT2D eigenvalue weighted by Gasteiger charge is -2.10. The second kappa shape index (κ2) is 4.81. The van der Waals surface area contributed by atoms with E-state index in [1.165, 1.54) is 16.8 Å². The Kier molecular flexibility index (Phi) is 3.93. The molecule has 0 spiro atoms. The molecule has 0 radical (unpaired) electrons. The summed E-state index contributed by atoms with van der Waals surface area (Å²) < 4.78 is 12.7. The van der Waals surface area contributed by atoms with Gasteiger partial charge in [-0.1, -0.05) is 11.6 Å². The summed E-state index contributed by atoms with van der Waals surface area (Å²) in [6, 6.07) is 1.38. The molecule has 0 aromatic carbocycles. The number of nitrogens with zero attached hydrogens (tertiary/aromatic N) is 1. The third kappa shape index (κ3) is 3.07. The number of aromatic carboxylic acids is 1. The molecule has 0 aliphatic carbocycles. The van der Waals surface area contributed by atoms with Crippen LogP contribution in [0.4, 0.5) is 0 Å². The number of hydrogen-bond acceptors (Lipinski definition) is 2. The van der Waals surface area contributed by atoms with Crippen LogP contribution in [0.1, 0.15) is 17.4 Å². The lowest BCUT2D eigenvalue weighted by Crippen LogP contribution is -2.19. The quantitative estimate of drug-likeness (QED) is 0.882. The van der Waals surface area contributed by atoms with E-state index in [1.54, 1.807) is 13.2 Å². The van der Waals surface area contributed by atoms with Crippen molar-refractivity contribution in [1.29, 1.82) is 0 Å². The maximum atomic E-state index is 11.2. The number of hydrogen-bond donors (Lipinski definition) is 1. The Balaban J connectivity index is 2.93. The van der Waals surface area contributed by atoms with Gasteiger partial charge < -0.3 is 9.67 Å². The third-order valence-electron chi connectivity index (χ3n) is 2.10. The average Bonchev–Trinajstić information content (AvgIpc) is 2.46. The number of carbonyl (C=O) groups is 1. The van der Waals surface area contributed by atoms with Crippen molar-refractivity contribution in [1.82, 2.24) is 4.57 Å². The van der Waals surface area contributed by atoms with E-state index in [0.717, 1.165) is 0 Å². The van der Waals surface area contributed by atoms with Gasteiger partial charge in [0.2, 0.25) is 0 Å². The summed E-state index contributed by atoms with van der Waals surface area (Å²) in [5.41, 5.74) is 0.123. The van der Waals surface area contributed by atoms with Crippen molar-refractivity contribution in [2.75, 3.05) is 6.26 Å². The van der Waals surface area contributed by atoms with E-state index in [9.17, 15) is 9.00 Å². The van der Waals surface area contributed by atoms with Gasteiger partial charge >= 0.3 is 5.97 Å². The summed E-state index contributed by atoms with van der Waals surface area (Å²) in [6.45, 7) is 2.19. The zero-order valence-electron chi connectivity index (χ0n) is 8.44. The number of rotatable bonds is 4. The zero-order chi connectivity index (χ0) is 11.6. The van der Waals surface area contributed by atoms with E-state index in [4.69, 9.17) is 16.7 Å². The van der Waals surface area contributed by atoms with E-state index >= 15 is 0 Å². The number of carboxylic acid groups (broad SMARTS) is 1. The minimum atomic E-state index is -1.03. The summed E-state index contributed by atoms with van der Waals surface area (Å²) in [6.07, 6.45) is 3.13. The van der Waals surface area contributed by atoms with Gasteiger partial charge in [0.25, 0.3) is 0 Å². The van der Waals surface area contributed by atoms with Gasteiger partial charge in [0.1, 0.15) is 5.69 Å². The summed E-state index contributed by atoms with van der Waals surface area (Å²) >= 11 is 5.71. The molecule has 0 amide bonds. The smallest absolute Gasteiger partial charge is 0.352 e. The van der Waals surface area contributed by atoms with Crippen LogP contribution in [-0.4, -0.2) is 31.4 Å². The fourth-order valence-corrected chi connectivity index (χ4v) is 1.78. The first-order chi connectivity index (χ1) is 6.91. The molecule has 0 aliphatic heterocycles. The lowest BCUT2D eigenvalue weighted by atomic mass is 10.4. The minimum Gasteiger partial charge on any atom is -0.477 e. The molecule has 1 rings (SSSR count). The van der Waals surface area contributed by atoms with Gasteiger partial charge in [0.15, 0.2) is 0 Å². The highest BCUT2D eigenvalue weighted by molar-refractivity contribution is 7.84. The number of aromatic nitrogens is 1. The van der Waals surface area contributed by atoms with Crippen molar-refractivity contribution in [3.63, 3.8) is 0 Å². The molecule has 1 heterocycles. The summed E-state index contributed by atoms with van der Waals surface area (Å²) in [5.74, 6) is -1.03. The van der Waals surface area contributed by atoms with Crippen molar-refractivity contribution in [3.05, 3.63) is 23.0 Å². The Labute approximate surface area is 95.3 Å². The molecule has 84 valence electrons. The van der Waals surface area contributed by atoms with Gasteiger partial charge in [0.05, 0.1) is 5.02 Å². The highest BCUT2D eigenvalue weighted by atomic mass is 35.5. The predicted molar refractivity (Wildman–Crippen MR) is 59.9 cm³/mol. The Morgan fingerprint density at radius 2 is 2.33 bits per heavy atom. The largest absolute Gasteiger partial charge is 0.477 e. The second-order valence-corrected chi connectivity index (χ2v) is 5.55. The highest BCUT2D eigenvalue weighted by Gasteiger charge is 2.15. The van der Waals surface area contributed by atoms with E-state index in [1.807, 2.05) is 0 Å². The molecule has 2 atom stereocenters. The molecule has 0 saturated heterocycles. The van der Waals surface area contributed by atoms with E-state index < -0.39 is 16.8 Å². The molecular weight excluding hydrogens is 238 g/mol. The van der Waals surface area contributed by atoms with E-state index in [0.29, 0.717) is 11.6 Å². The Morgan fingerprint density at radius 1 is 1.73 bits per heavy atom. The van der Waals surface area contributed by atoms with E-state index in [2.05, 4.69) is 0 Å². The molecular formula is C9H12ClNO3S. The molecule has 4 nitrogen and oxygen atoms in total. The van der Waals surface area contributed by atoms with Gasteiger partial charge in [-0.2, -0.15) is 0 Å². The Morgan fingerprint density at radius 3 is 2.80 bits per heavy atom. The van der Waals surface area contributed by atoms with Crippen LogP contribution in [-0.2, 0) is 17.3 Å². The maximum Gasteiger partial charge on any atom is 0.352 e. The first kappa shape index (κ1) is 12.3. The average molecular weight is 250 g/mol. The Hall–Kier alpha value is -0.810. The van der Waals surface area contributed by atoms with Crippen molar-refractivity contribution in [2.24, 2.45) is 0 Å². The van der Waals surface area contributed by atoms with Crippen molar-refractivity contribution in [2.45, 2.75) is 18.7 Å². The molecule has 0 aliphatic rings. The van der Waals surface area contributed by atoms with Gasteiger partial charge in [-0.05, 0) is 13.0 Å². The Bertz CT molecular complexity index is 402. The van der Waals surface area contributed by atoms with Crippen LogP contribution >= 0.6 is 11.6 Å². The summed E-state index contributed by atoms with van der Waals surface area (Å²) in [7, 11) is -0.980. The lowest BCUT2D eigenvalue weighted by molar-refractivity contribution is 0.0685.